The highest BCUT2D eigenvalue weighted by Gasteiger charge is 2.10. The third-order valence-electron chi connectivity index (χ3n) is 4.44. The standard InChI is InChI=1S/C22H21N5O2/c1-2-11-29-17-9-7-15(8-10-17)20-12-21(26-25-20)22(28)27-24-14-16-13-23-19-6-4-3-5-18(16)19/h3-10,12-14,23H,2,11H2,1H3,(H,25,26)(H,27,28)/b24-14+. The number of amides is 1. The number of rotatable bonds is 7. The number of carbonyl (C=O) groups is 1. The van der Waals surface area contributed by atoms with E-state index in [1.165, 1.54) is 0 Å². The number of carbonyl (C=O) groups excluding carboxylic acids is 1. The van der Waals surface area contributed by atoms with Crippen molar-refractivity contribution >= 4 is 23.0 Å². The minimum Gasteiger partial charge on any atom is -0.494 e. The number of aromatic nitrogens is 3. The Morgan fingerprint density at radius 1 is 1.21 bits per heavy atom. The maximum absolute atomic E-state index is 12.3. The Labute approximate surface area is 167 Å². The topological polar surface area (TPSA) is 95.2 Å². The third kappa shape index (κ3) is 4.19. The maximum Gasteiger partial charge on any atom is 0.289 e. The smallest absolute Gasteiger partial charge is 0.289 e. The number of hydrogen-bond donors (Lipinski definition) is 3. The van der Waals surface area contributed by atoms with E-state index in [0.717, 1.165) is 34.2 Å². The maximum atomic E-state index is 12.3. The van der Waals surface area contributed by atoms with Crippen molar-refractivity contribution in [3.63, 3.8) is 0 Å². The van der Waals surface area contributed by atoms with Gasteiger partial charge in [-0.1, -0.05) is 25.1 Å². The van der Waals surface area contributed by atoms with E-state index in [0.29, 0.717) is 18.0 Å². The van der Waals surface area contributed by atoms with Crippen molar-refractivity contribution in [3.05, 3.63) is 72.1 Å². The first-order valence-corrected chi connectivity index (χ1v) is 9.43. The van der Waals surface area contributed by atoms with Crippen LogP contribution in [0.15, 0.2) is 65.9 Å². The van der Waals surface area contributed by atoms with Crippen LogP contribution in [0.1, 0.15) is 29.4 Å². The molecule has 0 saturated carbocycles. The van der Waals surface area contributed by atoms with Crippen LogP contribution in [-0.4, -0.2) is 33.9 Å². The fourth-order valence-corrected chi connectivity index (χ4v) is 2.95. The van der Waals surface area contributed by atoms with E-state index in [4.69, 9.17) is 4.74 Å². The SMILES string of the molecule is CCCOc1ccc(-c2cc(C(=O)N/N=C/c3c[nH]c4ccccc34)[nH]n2)cc1. The first kappa shape index (κ1) is 18.5. The highest BCUT2D eigenvalue weighted by atomic mass is 16.5. The van der Waals surface area contributed by atoms with E-state index >= 15 is 0 Å². The van der Waals surface area contributed by atoms with Crippen molar-refractivity contribution in [3.8, 4) is 17.0 Å². The van der Waals surface area contributed by atoms with Gasteiger partial charge in [0.2, 0.25) is 0 Å². The van der Waals surface area contributed by atoms with Crippen LogP contribution in [0.5, 0.6) is 5.75 Å². The summed E-state index contributed by atoms with van der Waals surface area (Å²) in [6.07, 6.45) is 4.42. The van der Waals surface area contributed by atoms with Gasteiger partial charge in [0.05, 0.1) is 18.5 Å². The Kier molecular flexibility index (Phi) is 5.38. The van der Waals surface area contributed by atoms with Gasteiger partial charge in [0, 0.05) is 28.2 Å². The van der Waals surface area contributed by atoms with E-state index in [9.17, 15) is 4.79 Å². The predicted molar refractivity (Wildman–Crippen MR) is 113 cm³/mol. The Morgan fingerprint density at radius 3 is 2.86 bits per heavy atom. The van der Waals surface area contributed by atoms with Gasteiger partial charge in [-0.3, -0.25) is 9.89 Å². The van der Waals surface area contributed by atoms with Crippen LogP contribution in [0.2, 0.25) is 0 Å². The average Bonchev–Trinajstić information content (AvgIpc) is 3.40. The Morgan fingerprint density at radius 2 is 2.03 bits per heavy atom. The van der Waals surface area contributed by atoms with E-state index in [1.807, 2.05) is 54.7 Å². The van der Waals surface area contributed by atoms with Crippen molar-refractivity contribution in [1.82, 2.24) is 20.6 Å². The number of H-pyrrole nitrogens is 2. The second kappa shape index (κ2) is 8.43. The molecule has 3 N–H and O–H groups in total. The molecule has 29 heavy (non-hydrogen) atoms. The summed E-state index contributed by atoms with van der Waals surface area (Å²) in [5.74, 6) is 0.457. The number of hydrazone groups is 1. The van der Waals surface area contributed by atoms with Gasteiger partial charge in [0.25, 0.3) is 5.91 Å². The zero-order valence-corrected chi connectivity index (χ0v) is 16.0. The van der Waals surface area contributed by atoms with Crippen molar-refractivity contribution in [2.24, 2.45) is 5.10 Å². The first-order valence-electron chi connectivity index (χ1n) is 9.43. The van der Waals surface area contributed by atoms with Crippen LogP contribution < -0.4 is 10.2 Å². The highest BCUT2D eigenvalue weighted by molar-refractivity contribution is 6.00. The largest absolute Gasteiger partial charge is 0.494 e. The lowest BCUT2D eigenvalue weighted by atomic mass is 10.1. The number of fused-ring (bicyclic) bond motifs is 1. The fraction of sp³-hybridized carbons (Fsp3) is 0.136. The molecule has 0 spiro atoms. The summed E-state index contributed by atoms with van der Waals surface area (Å²) in [7, 11) is 0. The second-order valence-corrected chi connectivity index (χ2v) is 6.53. The number of aromatic amines is 2. The minimum absolute atomic E-state index is 0.336. The number of benzene rings is 2. The van der Waals surface area contributed by atoms with E-state index in [-0.39, 0.29) is 5.91 Å². The Balaban J connectivity index is 1.40. The Hall–Kier alpha value is -3.87. The van der Waals surface area contributed by atoms with E-state index < -0.39 is 0 Å². The van der Waals surface area contributed by atoms with Crippen LogP contribution in [0.4, 0.5) is 0 Å². The zero-order chi connectivity index (χ0) is 20.1. The number of ether oxygens (including phenoxy) is 1. The monoisotopic (exact) mass is 387 g/mol. The molecule has 0 unspecified atom stereocenters. The molecule has 1 amide bonds. The van der Waals surface area contributed by atoms with Crippen molar-refractivity contribution in [2.75, 3.05) is 6.61 Å². The van der Waals surface area contributed by atoms with Crippen LogP contribution in [-0.2, 0) is 0 Å². The van der Waals surface area contributed by atoms with Crippen LogP contribution >= 0.6 is 0 Å². The summed E-state index contributed by atoms with van der Waals surface area (Å²) in [5.41, 5.74) is 6.35. The van der Waals surface area contributed by atoms with Gasteiger partial charge in [0.15, 0.2) is 0 Å². The Bertz CT molecular complexity index is 1140. The number of nitrogens with one attached hydrogen (secondary N) is 3. The number of hydrogen-bond acceptors (Lipinski definition) is 4. The van der Waals surface area contributed by atoms with Crippen molar-refractivity contribution < 1.29 is 9.53 Å². The molecule has 7 heteroatoms. The molecule has 0 aliphatic heterocycles. The summed E-state index contributed by atoms with van der Waals surface area (Å²) < 4.78 is 5.58. The van der Waals surface area contributed by atoms with E-state index in [2.05, 4.69) is 32.6 Å². The van der Waals surface area contributed by atoms with Crippen LogP contribution in [0.3, 0.4) is 0 Å². The molecule has 2 heterocycles. The van der Waals surface area contributed by atoms with Crippen LogP contribution in [0, 0.1) is 0 Å². The van der Waals surface area contributed by atoms with Gasteiger partial charge in [-0.2, -0.15) is 10.2 Å². The lowest BCUT2D eigenvalue weighted by Gasteiger charge is -2.04. The number of para-hydroxylation sites is 1. The molecule has 2 aromatic heterocycles. The zero-order valence-electron chi connectivity index (χ0n) is 16.0. The van der Waals surface area contributed by atoms with Crippen molar-refractivity contribution in [2.45, 2.75) is 13.3 Å². The molecule has 2 aromatic carbocycles. The molecule has 4 aromatic rings. The van der Waals surface area contributed by atoms with Gasteiger partial charge < -0.3 is 9.72 Å². The lowest BCUT2D eigenvalue weighted by Crippen LogP contribution is -2.17. The average molecular weight is 387 g/mol. The quantitative estimate of drug-likeness (QED) is 0.329. The van der Waals surface area contributed by atoms with Gasteiger partial charge in [-0.25, -0.2) is 5.43 Å². The van der Waals surface area contributed by atoms with E-state index in [1.54, 1.807) is 12.3 Å². The van der Waals surface area contributed by atoms with Gasteiger partial charge in [-0.05, 0) is 42.8 Å². The fourth-order valence-electron chi connectivity index (χ4n) is 2.95. The summed E-state index contributed by atoms with van der Waals surface area (Å²) in [5, 5.41) is 12.1. The highest BCUT2D eigenvalue weighted by Crippen LogP contribution is 2.21. The molecule has 7 nitrogen and oxygen atoms in total. The molecular formula is C22H21N5O2. The first-order chi connectivity index (χ1) is 14.2. The van der Waals surface area contributed by atoms with Gasteiger partial charge in [-0.15, -0.1) is 0 Å². The molecule has 146 valence electrons. The number of nitrogens with zero attached hydrogens (tertiary/aromatic N) is 2. The molecular weight excluding hydrogens is 366 g/mol. The summed E-state index contributed by atoms with van der Waals surface area (Å²) in [6.45, 7) is 2.75. The lowest BCUT2D eigenvalue weighted by molar-refractivity contribution is 0.0950. The van der Waals surface area contributed by atoms with Crippen molar-refractivity contribution in [1.29, 1.82) is 0 Å². The predicted octanol–water partition coefficient (Wildman–Crippen LogP) is 4.11. The summed E-state index contributed by atoms with van der Waals surface area (Å²) in [6, 6.07) is 17.2. The summed E-state index contributed by atoms with van der Waals surface area (Å²) in [4.78, 5) is 15.5. The molecule has 0 bridgehead atoms. The van der Waals surface area contributed by atoms with Crippen LogP contribution in [0.25, 0.3) is 22.2 Å². The minimum atomic E-state index is -0.359. The van der Waals surface area contributed by atoms with Gasteiger partial charge >= 0.3 is 0 Å². The molecule has 0 atom stereocenters. The molecule has 0 fully saturated rings. The molecule has 0 radical (unpaired) electrons. The third-order valence-corrected chi connectivity index (χ3v) is 4.44. The summed E-state index contributed by atoms with van der Waals surface area (Å²) >= 11 is 0. The van der Waals surface area contributed by atoms with Gasteiger partial charge in [0.1, 0.15) is 11.4 Å². The normalized spacial score (nSPS) is 11.2. The molecule has 0 aliphatic carbocycles. The molecule has 0 saturated heterocycles. The molecule has 4 rings (SSSR count). The molecule has 0 aliphatic rings. The second-order valence-electron chi connectivity index (χ2n) is 6.53.